The smallest absolute Gasteiger partial charge is 0.238 e. The lowest BCUT2D eigenvalue weighted by molar-refractivity contribution is -0.126. The number of likely N-dealkylation sites (N-methyl/N-ethyl adjacent to an activating group) is 1. The summed E-state index contributed by atoms with van der Waals surface area (Å²) in [5, 5.41) is 9.10. The average Bonchev–Trinajstić information content (AvgIpc) is 2.90. The highest BCUT2D eigenvalue weighted by Gasteiger charge is 2.35. The van der Waals surface area contributed by atoms with Crippen molar-refractivity contribution in [2.24, 2.45) is 0 Å². The second kappa shape index (κ2) is 7.16. The van der Waals surface area contributed by atoms with Crippen LogP contribution in [0.1, 0.15) is 17.3 Å². The summed E-state index contributed by atoms with van der Waals surface area (Å²) in [6.45, 7) is 1.40. The first-order valence-electron chi connectivity index (χ1n) is 7.87. The van der Waals surface area contributed by atoms with Crippen LogP contribution in [-0.4, -0.2) is 42.5 Å². The summed E-state index contributed by atoms with van der Waals surface area (Å²) in [7, 11) is 1.83. The third kappa shape index (κ3) is 3.24. The molecule has 1 atom stereocenters. The van der Waals surface area contributed by atoms with Gasteiger partial charge in [0.1, 0.15) is 24.6 Å². The molecule has 1 aliphatic heterocycles. The lowest BCUT2D eigenvalue weighted by Crippen LogP contribution is -2.32. The molecule has 0 saturated carbocycles. The molecule has 5 heteroatoms. The maximum absolute atomic E-state index is 12.1. The van der Waals surface area contributed by atoms with Crippen molar-refractivity contribution >= 4 is 5.91 Å². The van der Waals surface area contributed by atoms with E-state index in [9.17, 15) is 4.79 Å². The molecule has 5 nitrogen and oxygen atoms in total. The van der Waals surface area contributed by atoms with Crippen molar-refractivity contribution in [3.8, 4) is 11.8 Å². The molecule has 2 aromatic carbocycles. The zero-order valence-electron chi connectivity index (χ0n) is 13.6. The van der Waals surface area contributed by atoms with Gasteiger partial charge in [-0.15, -0.1) is 0 Å². The molecule has 122 valence electrons. The van der Waals surface area contributed by atoms with Gasteiger partial charge in [-0.05, 0) is 17.7 Å². The summed E-state index contributed by atoms with van der Waals surface area (Å²) in [5.74, 6) is 0.677. The molecule has 0 aliphatic carbocycles. The normalized spacial score (nSPS) is 17.8. The van der Waals surface area contributed by atoms with E-state index in [1.165, 1.54) is 0 Å². The van der Waals surface area contributed by atoms with E-state index in [1.54, 1.807) is 17.0 Å². The third-order valence-electron chi connectivity index (χ3n) is 4.19. The predicted octanol–water partition coefficient (Wildman–Crippen LogP) is 2.41. The van der Waals surface area contributed by atoms with Crippen LogP contribution in [-0.2, 0) is 4.79 Å². The lowest BCUT2D eigenvalue weighted by atomic mass is 10.1. The maximum atomic E-state index is 12.1. The highest BCUT2D eigenvalue weighted by Crippen LogP contribution is 2.29. The molecule has 1 aliphatic rings. The molecule has 1 saturated heterocycles. The minimum absolute atomic E-state index is 0.0755. The largest absolute Gasteiger partial charge is 0.491 e. The van der Waals surface area contributed by atoms with Crippen molar-refractivity contribution in [1.29, 1.82) is 5.26 Å². The number of nitriles is 1. The molecule has 3 rings (SSSR count). The van der Waals surface area contributed by atoms with Gasteiger partial charge in [0.2, 0.25) is 5.91 Å². The minimum Gasteiger partial charge on any atom is -0.491 e. The summed E-state index contributed by atoms with van der Waals surface area (Å²) >= 11 is 0. The highest BCUT2D eigenvalue weighted by molar-refractivity contribution is 5.80. The van der Waals surface area contributed by atoms with Gasteiger partial charge in [0.05, 0.1) is 12.1 Å². The van der Waals surface area contributed by atoms with Crippen LogP contribution in [0.3, 0.4) is 0 Å². The van der Waals surface area contributed by atoms with E-state index in [4.69, 9.17) is 10.00 Å². The summed E-state index contributed by atoms with van der Waals surface area (Å²) in [5.41, 5.74) is 1.61. The molecule has 0 spiro atoms. The summed E-state index contributed by atoms with van der Waals surface area (Å²) in [6.07, 6.45) is -0.0755. The Morgan fingerprint density at radius 3 is 2.62 bits per heavy atom. The Kier molecular flexibility index (Phi) is 4.78. The van der Waals surface area contributed by atoms with E-state index in [0.29, 0.717) is 31.0 Å². The van der Waals surface area contributed by atoms with Crippen molar-refractivity contribution in [3.63, 3.8) is 0 Å². The van der Waals surface area contributed by atoms with Crippen molar-refractivity contribution in [3.05, 3.63) is 65.7 Å². The fourth-order valence-electron chi connectivity index (χ4n) is 2.97. The maximum Gasteiger partial charge on any atom is 0.238 e. The quantitative estimate of drug-likeness (QED) is 0.848. The van der Waals surface area contributed by atoms with E-state index < -0.39 is 0 Å². The van der Waals surface area contributed by atoms with E-state index >= 15 is 0 Å². The van der Waals surface area contributed by atoms with Gasteiger partial charge in [-0.1, -0.05) is 42.5 Å². The zero-order chi connectivity index (χ0) is 16.9. The first-order valence-corrected chi connectivity index (χ1v) is 7.87. The van der Waals surface area contributed by atoms with Gasteiger partial charge in [0.25, 0.3) is 0 Å². The zero-order valence-corrected chi connectivity index (χ0v) is 13.6. The fourth-order valence-corrected chi connectivity index (χ4v) is 2.97. The molecular formula is C19H19N3O2. The molecule has 0 bridgehead atoms. The Labute approximate surface area is 141 Å². The van der Waals surface area contributed by atoms with Crippen molar-refractivity contribution in [1.82, 2.24) is 9.80 Å². The van der Waals surface area contributed by atoms with E-state index in [1.807, 2.05) is 49.5 Å². The Balaban J connectivity index is 1.67. The highest BCUT2D eigenvalue weighted by atomic mass is 16.5. The van der Waals surface area contributed by atoms with E-state index in [-0.39, 0.29) is 12.1 Å². The first-order chi connectivity index (χ1) is 11.7. The Morgan fingerprint density at radius 2 is 1.88 bits per heavy atom. The van der Waals surface area contributed by atoms with Crippen LogP contribution in [0.25, 0.3) is 0 Å². The molecule has 1 heterocycles. The van der Waals surface area contributed by atoms with Gasteiger partial charge in [-0.25, -0.2) is 0 Å². The topological polar surface area (TPSA) is 56.6 Å². The van der Waals surface area contributed by atoms with Crippen LogP contribution in [0.4, 0.5) is 0 Å². The number of carbonyl (C=O) groups excluding carboxylic acids is 1. The molecule has 24 heavy (non-hydrogen) atoms. The Morgan fingerprint density at radius 1 is 1.17 bits per heavy atom. The van der Waals surface area contributed by atoms with Gasteiger partial charge in [-0.2, -0.15) is 5.26 Å². The molecule has 0 radical (unpaired) electrons. The van der Waals surface area contributed by atoms with Crippen LogP contribution in [0.15, 0.2) is 54.6 Å². The summed E-state index contributed by atoms with van der Waals surface area (Å²) < 4.78 is 5.75. The third-order valence-corrected chi connectivity index (χ3v) is 4.19. The number of para-hydroxylation sites is 1. The van der Waals surface area contributed by atoms with Gasteiger partial charge in [0.15, 0.2) is 0 Å². The number of rotatable bonds is 5. The lowest BCUT2D eigenvalue weighted by Gasteiger charge is -2.27. The van der Waals surface area contributed by atoms with E-state index in [0.717, 1.165) is 5.56 Å². The average molecular weight is 321 g/mol. The molecule has 1 fully saturated rings. The molecule has 1 amide bonds. The van der Waals surface area contributed by atoms with Gasteiger partial charge < -0.3 is 9.64 Å². The second-order valence-electron chi connectivity index (χ2n) is 5.72. The number of amides is 1. The van der Waals surface area contributed by atoms with Gasteiger partial charge >= 0.3 is 0 Å². The van der Waals surface area contributed by atoms with Crippen LogP contribution >= 0.6 is 0 Å². The van der Waals surface area contributed by atoms with Crippen LogP contribution in [0, 0.1) is 11.3 Å². The van der Waals surface area contributed by atoms with Crippen molar-refractivity contribution < 1.29 is 9.53 Å². The first kappa shape index (κ1) is 16.0. The van der Waals surface area contributed by atoms with Crippen molar-refractivity contribution in [2.75, 3.05) is 26.7 Å². The predicted molar refractivity (Wildman–Crippen MR) is 90.2 cm³/mol. The van der Waals surface area contributed by atoms with Crippen LogP contribution < -0.4 is 4.74 Å². The van der Waals surface area contributed by atoms with Crippen LogP contribution in [0.2, 0.25) is 0 Å². The minimum atomic E-state index is -0.0755. The number of hydrogen-bond acceptors (Lipinski definition) is 4. The van der Waals surface area contributed by atoms with E-state index in [2.05, 4.69) is 11.0 Å². The second-order valence-corrected chi connectivity index (χ2v) is 5.72. The number of nitrogens with zero attached hydrogens (tertiary/aromatic N) is 3. The summed E-state index contributed by atoms with van der Waals surface area (Å²) in [4.78, 5) is 16.0. The molecule has 0 N–H and O–H groups in total. The van der Waals surface area contributed by atoms with Crippen molar-refractivity contribution in [2.45, 2.75) is 6.17 Å². The fraction of sp³-hybridized carbons (Fsp3) is 0.263. The monoisotopic (exact) mass is 321 g/mol. The van der Waals surface area contributed by atoms with Gasteiger partial charge in [-0.3, -0.25) is 9.69 Å². The number of ether oxygens (including phenoxy) is 1. The Hall–Kier alpha value is -2.84. The standard InChI is InChI=1S/C19H19N3O2/c1-21-18(23)14-22(19(21)15-7-3-2-4-8-15)11-12-24-17-10-6-5-9-16(17)13-20/h2-10,19H,11-12,14H2,1H3/t19-/m1/s1. The SMILES string of the molecule is CN1C(=O)CN(CCOc2ccccc2C#N)[C@@H]1c1ccccc1. The van der Waals surface area contributed by atoms with Crippen LogP contribution in [0.5, 0.6) is 5.75 Å². The Bertz CT molecular complexity index is 755. The van der Waals surface area contributed by atoms with Gasteiger partial charge in [0, 0.05) is 13.6 Å². The number of benzene rings is 2. The summed E-state index contributed by atoms with van der Waals surface area (Å²) in [6, 6.07) is 19.3. The number of hydrogen-bond donors (Lipinski definition) is 0. The molecule has 0 aromatic heterocycles. The molecular weight excluding hydrogens is 302 g/mol. The molecule has 0 unspecified atom stereocenters. The molecule has 2 aromatic rings. The number of carbonyl (C=O) groups is 1.